The van der Waals surface area contributed by atoms with Crippen molar-refractivity contribution in [1.82, 2.24) is 0 Å². The molecular formula is C8H16N2. The van der Waals surface area contributed by atoms with Gasteiger partial charge in [0.1, 0.15) is 0 Å². The van der Waals surface area contributed by atoms with E-state index in [9.17, 15) is 0 Å². The highest BCUT2D eigenvalue weighted by Crippen LogP contribution is 2.25. The summed E-state index contributed by atoms with van der Waals surface area (Å²) in [7, 11) is 0. The molecule has 58 valence electrons. The zero-order valence-electron chi connectivity index (χ0n) is 6.42. The normalized spacial score (nSPS) is 33.7. The summed E-state index contributed by atoms with van der Waals surface area (Å²) >= 11 is 0. The molecule has 0 heterocycles. The predicted octanol–water partition coefficient (Wildman–Crippen LogP) is 1.20. The van der Waals surface area contributed by atoms with Crippen LogP contribution in [0.4, 0.5) is 0 Å². The molecule has 0 aliphatic heterocycles. The Morgan fingerprint density at radius 2 is 2.10 bits per heavy atom. The third kappa shape index (κ3) is 1.57. The van der Waals surface area contributed by atoms with Crippen molar-refractivity contribution in [3.8, 4) is 0 Å². The molecule has 1 aliphatic rings. The minimum atomic E-state index is 0.457. The van der Waals surface area contributed by atoms with Gasteiger partial charge < -0.3 is 5.73 Å². The second-order valence-electron chi connectivity index (χ2n) is 3.03. The van der Waals surface area contributed by atoms with Crippen molar-refractivity contribution >= 4 is 6.72 Å². The maximum absolute atomic E-state index is 5.58. The Balaban J connectivity index is 2.41. The Kier molecular flexibility index (Phi) is 2.87. The maximum atomic E-state index is 5.58. The van der Waals surface area contributed by atoms with E-state index in [1.165, 1.54) is 25.7 Å². The van der Waals surface area contributed by atoms with Crippen molar-refractivity contribution in [2.75, 3.05) is 6.54 Å². The Labute approximate surface area is 62.5 Å². The minimum Gasteiger partial charge on any atom is -0.330 e. The smallest absolute Gasteiger partial charge is 0.0532 e. The SMILES string of the molecule is C=NC1CCCCC1CN. The van der Waals surface area contributed by atoms with E-state index in [1.54, 1.807) is 0 Å². The maximum Gasteiger partial charge on any atom is 0.0532 e. The summed E-state index contributed by atoms with van der Waals surface area (Å²) in [5.74, 6) is 0.617. The lowest BCUT2D eigenvalue weighted by molar-refractivity contribution is 0.318. The summed E-state index contributed by atoms with van der Waals surface area (Å²) < 4.78 is 0. The summed E-state index contributed by atoms with van der Waals surface area (Å²) in [4.78, 5) is 4.07. The highest BCUT2D eigenvalue weighted by Gasteiger charge is 2.21. The molecule has 0 spiro atoms. The molecule has 0 saturated heterocycles. The average molecular weight is 140 g/mol. The Morgan fingerprint density at radius 1 is 1.40 bits per heavy atom. The van der Waals surface area contributed by atoms with E-state index in [-0.39, 0.29) is 0 Å². The molecule has 2 N–H and O–H groups in total. The molecule has 2 heteroatoms. The van der Waals surface area contributed by atoms with Gasteiger partial charge in [0, 0.05) is 0 Å². The van der Waals surface area contributed by atoms with Crippen LogP contribution in [0.25, 0.3) is 0 Å². The molecule has 10 heavy (non-hydrogen) atoms. The summed E-state index contributed by atoms with van der Waals surface area (Å²) in [6.07, 6.45) is 5.08. The molecule has 0 aromatic carbocycles. The fourth-order valence-electron chi connectivity index (χ4n) is 1.70. The van der Waals surface area contributed by atoms with Crippen molar-refractivity contribution in [1.29, 1.82) is 0 Å². The van der Waals surface area contributed by atoms with Crippen LogP contribution in [0.5, 0.6) is 0 Å². The van der Waals surface area contributed by atoms with Crippen LogP contribution in [-0.4, -0.2) is 19.3 Å². The fraction of sp³-hybridized carbons (Fsp3) is 0.875. The number of aliphatic imine (C=N–C) groups is 1. The Morgan fingerprint density at radius 3 is 2.60 bits per heavy atom. The van der Waals surface area contributed by atoms with Crippen molar-refractivity contribution < 1.29 is 0 Å². The molecule has 0 radical (unpaired) electrons. The lowest BCUT2D eigenvalue weighted by atomic mass is 9.85. The molecule has 0 bridgehead atoms. The lowest BCUT2D eigenvalue weighted by Gasteiger charge is -2.26. The predicted molar refractivity (Wildman–Crippen MR) is 44.3 cm³/mol. The summed E-state index contributed by atoms with van der Waals surface area (Å²) in [5, 5.41) is 0. The van der Waals surface area contributed by atoms with Crippen LogP contribution in [0, 0.1) is 5.92 Å². The van der Waals surface area contributed by atoms with E-state index in [0.29, 0.717) is 12.0 Å². The van der Waals surface area contributed by atoms with Crippen LogP contribution in [0.1, 0.15) is 25.7 Å². The van der Waals surface area contributed by atoms with E-state index in [1.807, 2.05) is 0 Å². The molecular weight excluding hydrogens is 124 g/mol. The zero-order valence-corrected chi connectivity index (χ0v) is 6.42. The van der Waals surface area contributed by atoms with Crippen molar-refractivity contribution in [2.24, 2.45) is 16.6 Å². The van der Waals surface area contributed by atoms with Crippen molar-refractivity contribution in [3.05, 3.63) is 0 Å². The van der Waals surface area contributed by atoms with Crippen molar-refractivity contribution in [3.63, 3.8) is 0 Å². The van der Waals surface area contributed by atoms with E-state index in [4.69, 9.17) is 5.73 Å². The van der Waals surface area contributed by atoms with Crippen LogP contribution in [0.15, 0.2) is 4.99 Å². The summed E-state index contributed by atoms with van der Waals surface area (Å²) in [5.41, 5.74) is 5.58. The Bertz CT molecular complexity index is 112. The second kappa shape index (κ2) is 3.71. The zero-order chi connectivity index (χ0) is 7.40. The molecule has 1 fully saturated rings. The number of hydrogen-bond acceptors (Lipinski definition) is 2. The number of nitrogens with two attached hydrogens (primary N) is 1. The molecule has 0 amide bonds. The van der Waals surface area contributed by atoms with Crippen LogP contribution < -0.4 is 5.73 Å². The molecule has 1 aliphatic carbocycles. The van der Waals surface area contributed by atoms with Crippen LogP contribution in [-0.2, 0) is 0 Å². The second-order valence-corrected chi connectivity index (χ2v) is 3.03. The van der Waals surface area contributed by atoms with Gasteiger partial charge in [0.25, 0.3) is 0 Å². The highest BCUT2D eigenvalue weighted by molar-refractivity contribution is 5.24. The highest BCUT2D eigenvalue weighted by atomic mass is 14.8. The minimum absolute atomic E-state index is 0.457. The average Bonchev–Trinajstić information content (AvgIpc) is 2.04. The first kappa shape index (κ1) is 7.73. The van der Waals surface area contributed by atoms with Gasteiger partial charge in [0.15, 0.2) is 0 Å². The molecule has 1 rings (SSSR count). The molecule has 0 aromatic rings. The van der Waals surface area contributed by atoms with Crippen LogP contribution in [0.3, 0.4) is 0 Å². The summed E-state index contributed by atoms with van der Waals surface area (Å²) in [6, 6.07) is 0.457. The van der Waals surface area contributed by atoms with Crippen LogP contribution >= 0.6 is 0 Å². The van der Waals surface area contributed by atoms with Crippen molar-refractivity contribution in [2.45, 2.75) is 31.7 Å². The molecule has 2 atom stereocenters. The lowest BCUT2D eigenvalue weighted by Crippen LogP contribution is -2.29. The molecule has 0 aromatic heterocycles. The van der Waals surface area contributed by atoms with E-state index >= 15 is 0 Å². The Hall–Kier alpha value is -0.370. The quantitative estimate of drug-likeness (QED) is 0.575. The number of hydrogen-bond donors (Lipinski definition) is 1. The van der Waals surface area contributed by atoms with Gasteiger partial charge in [-0.15, -0.1) is 0 Å². The van der Waals surface area contributed by atoms with Gasteiger partial charge in [-0.2, -0.15) is 0 Å². The topological polar surface area (TPSA) is 38.4 Å². The standard InChI is InChI=1S/C8H16N2/c1-10-8-5-3-2-4-7(8)6-9/h7-8H,1-6,9H2. The first-order valence-electron chi connectivity index (χ1n) is 4.04. The number of nitrogens with zero attached hydrogens (tertiary/aromatic N) is 1. The van der Waals surface area contributed by atoms with Gasteiger partial charge in [-0.1, -0.05) is 12.8 Å². The first-order chi connectivity index (χ1) is 4.88. The van der Waals surface area contributed by atoms with Gasteiger partial charge in [0.05, 0.1) is 6.04 Å². The molecule has 2 nitrogen and oxygen atoms in total. The largest absolute Gasteiger partial charge is 0.330 e. The van der Waals surface area contributed by atoms with Gasteiger partial charge in [-0.25, -0.2) is 0 Å². The van der Waals surface area contributed by atoms with Gasteiger partial charge >= 0.3 is 0 Å². The van der Waals surface area contributed by atoms with Gasteiger partial charge in [-0.3, -0.25) is 4.99 Å². The summed E-state index contributed by atoms with van der Waals surface area (Å²) in [6.45, 7) is 4.36. The monoisotopic (exact) mass is 140 g/mol. The van der Waals surface area contributed by atoms with E-state index in [0.717, 1.165) is 6.54 Å². The molecule has 1 saturated carbocycles. The number of rotatable bonds is 2. The third-order valence-corrected chi connectivity index (χ3v) is 2.41. The van der Waals surface area contributed by atoms with Gasteiger partial charge in [-0.05, 0) is 32.0 Å². The van der Waals surface area contributed by atoms with E-state index < -0.39 is 0 Å². The van der Waals surface area contributed by atoms with E-state index in [2.05, 4.69) is 11.7 Å². The first-order valence-corrected chi connectivity index (χ1v) is 4.04. The van der Waals surface area contributed by atoms with Crippen LogP contribution in [0.2, 0.25) is 0 Å². The third-order valence-electron chi connectivity index (χ3n) is 2.41. The fourth-order valence-corrected chi connectivity index (χ4v) is 1.70. The van der Waals surface area contributed by atoms with Gasteiger partial charge in [0.2, 0.25) is 0 Å². The molecule has 2 unspecified atom stereocenters.